The molecule has 1 N–H and O–H groups in total. The molecule has 25 heavy (non-hydrogen) atoms. The molecule has 0 bridgehead atoms. The molecule has 0 radical (unpaired) electrons. The van der Waals surface area contributed by atoms with Crippen molar-refractivity contribution in [3.05, 3.63) is 41.3 Å². The largest absolute Gasteiger partial charge is 0.450 e. The molecule has 6 heteroatoms. The van der Waals surface area contributed by atoms with E-state index in [1.54, 1.807) is 23.6 Å². The smallest absolute Gasteiger partial charge is 0.409 e. The van der Waals surface area contributed by atoms with Gasteiger partial charge in [-0.1, -0.05) is 30.3 Å². The summed E-state index contributed by atoms with van der Waals surface area (Å²) in [7, 11) is 0. The van der Waals surface area contributed by atoms with Gasteiger partial charge in [0.15, 0.2) is 0 Å². The lowest BCUT2D eigenvalue weighted by molar-refractivity contribution is -0.121. The van der Waals surface area contributed by atoms with Crippen molar-refractivity contribution in [2.75, 3.05) is 25.4 Å². The minimum absolute atomic E-state index is 0.0789. The average Bonchev–Trinajstić information content (AvgIpc) is 2.63. The second-order valence-electron chi connectivity index (χ2n) is 5.86. The summed E-state index contributed by atoms with van der Waals surface area (Å²) in [6, 6.07) is 10.3. The molecular weight excluding hydrogens is 336 g/mol. The van der Waals surface area contributed by atoms with E-state index in [2.05, 4.69) is 5.32 Å². The molecule has 2 rings (SSSR count). The third-order valence-electron chi connectivity index (χ3n) is 3.99. The Morgan fingerprint density at radius 1 is 1.28 bits per heavy atom. The number of carbonyl (C=O) groups excluding carboxylic acids is 2. The first-order valence-electron chi connectivity index (χ1n) is 8.73. The van der Waals surface area contributed by atoms with Crippen LogP contribution in [0.25, 0.3) is 6.08 Å². The van der Waals surface area contributed by atoms with Gasteiger partial charge < -0.3 is 15.0 Å². The van der Waals surface area contributed by atoms with Crippen LogP contribution in [-0.4, -0.2) is 48.4 Å². The number of likely N-dealkylation sites (tertiary alicyclic amines) is 1. The fourth-order valence-corrected chi connectivity index (χ4v) is 3.32. The SMILES string of the molecule is CCOC(=O)N1CCC(NC(=O)CCS/C=C\c2ccccc2)CC1. The summed E-state index contributed by atoms with van der Waals surface area (Å²) < 4.78 is 5.00. The van der Waals surface area contributed by atoms with Gasteiger partial charge in [-0.05, 0) is 36.8 Å². The lowest BCUT2D eigenvalue weighted by Gasteiger charge is -2.31. The highest BCUT2D eigenvalue weighted by molar-refractivity contribution is 8.02. The molecule has 2 amide bonds. The maximum atomic E-state index is 12.0. The number of thioether (sulfide) groups is 1. The van der Waals surface area contributed by atoms with E-state index in [1.807, 2.05) is 41.8 Å². The molecule has 1 heterocycles. The van der Waals surface area contributed by atoms with Crippen molar-refractivity contribution in [3.8, 4) is 0 Å². The van der Waals surface area contributed by atoms with Crippen molar-refractivity contribution in [2.24, 2.45) is 0 Å². The average molecular weight is 362 g/mol. The Bertz CT molecular complexity index is 569. The van der Waals surface area contributed by atoms with E-state index < -0.39 is 0 Å². The summed E-state index contributed by atoms with van der Waals surface area (Å²) in [5, 5.41) is 5.09. The van der Waals surface area contributed by atoms with Gasteiger partial charge in [-0.25, -0.2) is 4.79 Å². The number of nitrogens with zero attached hydrogens (tertiary/aromatic N) is 1. The molecule has 1 aromatic carbocycles. The number of ether oxygens (including phenoxy) is 1. The molecule has 0 spiro atoms. The van der Waals surface area contributed by atoms with Crippen LogP contribution in [0.2, 0.25) is 0 Å². The van der Waals surface area contributed by atoms with Crippen molar-refractivity contribution in [3.63, 3.8) is 0 Å². The maximum absolute atomic E-state index is 12.0. The first-order chi connectivity index (χ1) is 12.2. The van der Waals surface area contributed by atoms with Crippen molar-refractivity contribution < 1.29 is 14.3 Å². The molecule has 1 aliphatic heterocycles. The van der Waals surface area contributed by atoms with Crippen LogP contribution < -0.4 is 5.32 Å². The zero-order valence-electron chi connectivity index (χ0n) is 14.6. The van der Waals surface area contributed by atoms with Gasteiger partial charge in [-0.15, -0.1) is 11.8 Å². The van der Waals surface area contributed by atoms with Crippen molar-refractivity contribution in [1.82, 2.24) is 10.2 Å². The molecular formula is C19H26N2O3S. The number of carbonyl (C=O) groups is 2. The van der Waals surface area contributed by atoms with Crippen LogP contribution in [0.15, 0.2) is 35.7 Å². The predicted molar refractivity (Wildman–Crippen MR) is 102 cm³/mol. The zero-order valence-corrected chi connectivity index (χ0v) is 15.5. The Morgan fingerprint density at radius 2 is 2.00 bits per heavy atom. The number of amides is 2. The number of hydrogen-bond donors (Lipinski definition) is 1. The molecule has 0 atom stereocenters. The summed E-state index contributed by atoms with van der Waals surface area (Å²) in [4.78, 5) is 25.4. The molecule has 1 aromatic rings. The highest BCUT2D eigenvalue weighted by Gasteiger charge is 2.24. The molecule has 5 nitrogen and oxygen atoms in total. The maximum Gasteiger partial charge on any atom is 0.409 e. The summed E-state index contributed by atoms with van der Waals surface area (Å²) in [6.45, 7) is 3.47. The molecule has 1 fully saturated rings. The highest BCUT2D eigenvalue weighted by Crippen LogP contribution is 2.13. The lowest BCUT2D eigenvalue weighted by atomic mass is 10.1. The van der Waals surface area contributed by atoms with Crippen LogP contribution in [0.5, 0.6) is 0 Å². The number of piperidine rings is 1. The van der Waals surface area contributed by atoms with Gasteiger partial charge in [0.25, 0.3) is 0 Å². The third-order valence-corrected chi connectivity index (χ3v) is 4.76. The molecule has 0 unspecified atom stereocenters. The van der Waals surface area contributed by atoms with E-state index in [0.717, 1.165) is 24.2 Å². The van der Waals surface area contributed by atoms with Gasteiger partial charge in [-0.3, -0.25) is 4.79 Å². The summed E-state index contributed by atoms with van der Waals surface area (Å²) in [6.07, 6.45) is 3.86. The first-order valence-corrected chi connectivity index (χ1v) is 9.78. The fourth-order valence-electron chi connectivity index (χ4n) is 2.63. The van der Waals surface area contributed by atoms with E-state index in [4.69, 9.17) is 4.74 Å². The van der Waals surface area contributed by atoms with Crippen LogP contribution in [0, 0.1) is 0 Å². The van der Waals surface area contributed by atoms with Gasteiger partial charge in [0, 0.05) is 31.3 Å². The van der Waals surface area contributed by atoms with Crippen molar-refractivity contribution >= 4 is 29.8 Å². The van der Waals surface area contributed by atoms with E-state index in [1.165, 1.54) is 0 Å². The quantitative estimate of drug-likeness (QED) is 0.754. The van der Waals surface area contributed by atoms with E-state index in [9.17, 15) is 9.59 Å². The summed E-state index contributed by atoms with van der Waals surface area (Å²) in [5.74, 6) is 0.840. The number of nitrogens with one attached hydrogen (secondary N) is 1. The molecule has 136 valence electrons. The van der Waals surface area contributed by atoms with Crippen LogP contribution in [-0.2, 0) is 9.53 Å². The van der Waals surface area contributed by atoms with Gasteiger partial charge in [-0.2, -0.15) is 0 Å². The minimum atomic E-state index is -0.256. The Morgan fingerprint density at radius 3 is 2.68 bits per heavy atom. The normalized spacial score (nSPS) is 15.3. The van der Waals surface area contributed by atoms with Gasteiger partial charge in [0.05, 0.1) is 6.61 Å². The summed E-state index contributed by atoms with van der Waals surface area (Å²) in [5.41, 5.74) is 1.16. The van der Waals surface area contributed by atoms with Crippen LogP contribution in [0.3, 0.4) is 0 Å². The Kier molecular flexibility index (Phi) is 8.39. The van der Waals surface area contributed by atoms with E-state index in [0.29, 0.717) is 26.1 Å². The van der Waals surface area contributed by atoms with Gasteiger partial charge in [0.1, 0.15) is 0 Å². The predicted octanol–water partition coefficient (Wildman–Crippen LogP) is 3.52. The monoisotopic (exact) mass is 362 g/mol. The molecule has 0 aliphatic carbocycles. The number of rotatable bonds is 7. The highest BCUT2D eigenvalue weighted by atomic mass is 32.2. The lowest BCUT2D eigenvalue weighted by Crippen LogP contribution is -2.46. The second-order valence-corrected chi connectivity index (χ2v) is 6.88. The third kappa shape index (κ3) is 7.22. The fraction of sp³-hybridized carbons (Fsp3) is 0.474. The van der Waals surface area contributed by atoms with E-state index in [-0.39, 0.29) is 18.0 Å². The number of benzene rings is 1. The second kappa shape index (κ2) is 10.8. The number of hydrogen-bond acceptors (Lipinski definition) is 4. The first kappa shape index (κ1) is 19.4. The van der Waals surface area contributed by atoms with Crippen molar-refractivity contribution in [1.29, 1.82) is 0 Å². The van der Waals surface area contributed by atoms with Gasteiger partial charge >= 0.3 is 6.09 Å². The van der Waals surface area contributed by atoms with Crippen LogP contribution >= 0.6 is 11.8 Å². The topological polar surface area (TPSA) is 58.6 Å². The molecule has 0 saturated carbocycles. The van der Waals surface area contributed by atoms with E-state index >= 15 is 0 Å². The standard InChI is InChI=1S/C19H26N2O3S/c1-2-24-19(23)21-12-8-17(9-13-21)20-18(22)11-15-25-14-10-16-6-4-3-5-7-16/h3-7,10,14,17H,2,8-9,11-13,15H2,1H3,(H,20,22)/b14-10-. The van der Waals surface area contributed by atoms with Crippen molar-refractivity contribution in [2.45, 2.75) is 32.2 Å². The summed E-state index contributed by atoms with van der Waals surface area (Å²) >= 11 is 1.64. The Labute approximate surface area is 153 Å². The molecule has 0 aromatic heterocycles. The Hall–Kier alpha value is -1.95. The Balaban J connectivity index is 1.58. The minimum Gasteiger partial charge on any atom is -0.450 e. The molecule has 1 aliphatic rings. The van der Waals surface area contributed by atoms with Crippen LogP contribution in [0.1, 0.15) is 31.7 Å². The van der Waals surface area contributed by atoms with Gasteiger partial charge in [0.2, 0.25) is 5.91 Å². The van der Waals surface area contributed by atoms with Crippen LogP contribution in [0.4, 0.5) is 4.79 Å². The zero-order chi connectivity index (χ0) is 17.9. The molecule has 1 saturated heterocycles.